The first-order valence-electron chi connectivity index (χ1n) is 9.57. The number of likely N-dealkylation sites (tertiary alicyclic amines) is 1. The molecular formula is C20H22N4O5. The monoisotopic (exact) mass is 398 g/mol. The highest BCUT2D eigenvalue weighted by Gasteiger charge is 2.51. The molecule has 152 valence electrons. The van der Waals surface area contributed by atoms with Gasteiger partial charge in [0.15, 0.2) is 17.6 Å². The molecule has 2 aromatic rings. The van der Waals surface area contributed by atoms with Crippen molar-refractivity contribution in [3.8, 4) is 11.5 Å². The summed E-state index contributed by atoms with van der Waals surface area (Å²) in [4.78, 5) is 28.9. The number of amides is 2. The number of hydrogen-bond acceptors (Lipinski definition) is 6. The van der Waals surface area contributed by atoms with E-state index >= 15 is 0 Å². The standard InChI is InChI=1S/C20H22N4O5/c1-22-10-13(9-21-22)17-18(27-11-16(25)23(17)2)19(26)24-8-7-20(12-24)28-14-5-3-4-6-15(14)29-20/h3-6,9-10,17-18H,7-8,11-12H2,1-2H3/t17-,18+/m0/s1. The molecule has 0 N–H and O–H groups in total. The van der Waals surface area contributed by atoms with Crippen LogP contribution in [0.1, 0.15) is 18.0 Å². The molecule has 1 aromatic carbocycles. The number of hydrogen-bond donors (Lipinski definition) is 0. The molecule has 0 radical (unpaired) electrons. The van der Waals surface area contributed by atoms with E-state index in [0.717, 1.165) is 5.56 Å². The molecule has 2 atom stereocenters. The highest BCUT2D eigenvalue weighted by Crippen LogP contribution is 2.43. The first-order chi connectivity index (χ1) is 14.0. The lowest BCUT2D eigenvalue weighted by Gasteiger charge is -2.39. The van der Waals surface area contributed by atoms with E-state index in [9.17, 15) is 9.59 Å². The summed E-state index contributed by atoms with van der Waals surface area (Å²) in [6.07, 6.45) is 3.22. The molecule has 5 rings (SSSR count). The van der Waals surface area contributed by atoms with Crippen molar-refractivity contribution in [3.63, 3.8) is 0 Å². The predicted octanol–water partition coefficient (Wildman–Crippen LogP) is 0.718. The van der Waals surface area contributed by atoms with Crippen LogP contribution >= 0.6 is 0 Å². The maximum atomic E-state index is 13.4. The van der Waals surface area contributed by atoms with Gasteiger partial charge in [0.2, 0.25) is 5.91 Å². The second-order valence-corrected chi connectivity index (χ2v) is 7.70. The zero-order valence-corrected chi connectivity index (χ0v) is 16.3. The number of rotatable bonds is 2. The minimum atomic E-state index is -0.862. The number of morpholine rings is 1. The number of ether oxygens (including phenoxy) is 3. The lowest BCUT2D eigenvalue weighted by atomic mass is 10.0. The summed E-state index contributed by atoms with van der Waals surface area (Å²) in [5.74, 6) is 0.167. The number of carbonyl (C=O) groups is 2. The Labute approximate surface area is 167 Å². The quantitative estimate of drug-likeness (QED) is 0.741. The van der Waals surface area contributed by atoms with Gasteiger partial charge < -0.3 is 24.0 Å². The van der Waals surface area contributed by atoms with Crippen LogP contribution in [0, 0.1) is 0 Å². The molecule has 3 aliphatic heterocycles. The van der Waals surface area contributed by atoms with Crippen molar-refractivity contribution in [1.82, 2.24) is 19.6 Å². The number of aromatic nitrogens is 2. The molecule has 0 aliphatic carbocycles. The van der Waals surface area contributed by atoms with E-state index in [1.165, 1.54) is 0 Å². The fourth-order valence-electron chi connectivity index (χ4n) is 4.24. The minimum absolute atomic E-state index is 0.124. The second-order valence-electron chi connectivity index (χ2n) is 7.70. The number of likely N-dealkylation sites (N-methyl/N-ethyl adjacent to an activating group) is 1. The van der Waals surface area contributed by atoms with Crippen LogP contribution in [0.25, 0.3) is 0 Å². The Kier molecular flexibility index (Phi) is 4.02. The molecule has 0 unspecified atom stereocenters. The minimum Gasteiger partial charge on any atom is -0.447 e. The number of carbonyl (C=O) groups excluding carboxylic acids is 2. The van der Waals surface area contributed by atoms with Gasteiger partial charge in [-0.25, -0.2) is 0 Å². The van der Waals surface area contributed by atoms with Gasteiger partial charge >= 0.3 is 0 Å². The lowest BCUT2D eigenvalue weighted by Crippen LogP contribution is -2.54. The molecule has 1 spiro atoms. The lowest BCUT2D eigenvalue weighted by molar-refractivity contribution is -0.168. The molecule has 0 bridgehead atoms. The van der Waals surface area contributed by atoms with Gasteiger partial charge in [0.05, 0.1) is 18.8 Å². The Morgan fingerprint density at radius 1 is 1.21 bits per heavy atom. The van der Waals surface area contributed by atoms with Crippen LogP contribution in [0.15, 0.2) is 36.7 Å². The number of fused-ring (bicyclic) bond motifs is 1. The number of aryl methyl sites for hydroxylation is 1. The Morgan fingerprint density at radius 3 is 2.59 bits per heavy atom. The molecule has 9 nitrogen and oxygen atoms in total. The second kappa shape index (κ2) is 6.48. The summed E-state index contributed by atoms with van der Waals surface area (Å²) in [5, 5.41) is 4.18. The summed E-state index contributed by atoms with van der Waals surface area (Å²) in [5.41, 5.74) is 0.760. The smallest absolute Gasteiger partial charge is 0.270 e. The predicted molar refractivity (Wildman–Crippen MR) is 100 cm³/mol. The molecule has 2 amide bonds. The molecule has 1 aromatic heterocycles. The van der Waals surface area contributed by atoms with E-state index < -0.39 is 17.9 Å². The zero-order valence-electron chi connectivity index (χ0n) is 16.3. The summed E-state index contributed by atoms with van der Waals surface area (Å²) in [6, 6.07) is 6.97. The van der Waals surface area contributed by atoms with E-state index in [4.69, 9.17) is 14.2 Å². The SMILES string of the molecule is CN1C(=O)CO[C@@H](C(=O)N2CCC3(C2)Oc2ccccc2O3)[C@@H]1c1cnn(C)c1. The molecular weight excluding hydrogens is 376 g/mol. The fraction of sp³-hybridized carbons (Fsp3) is 0.450. The molecule has 9 heteroatoms. The van der Waals surface area contributed by atoms with Crippen molar-refractivity contribution in [3.05, 3.63) is 42.2 Å². The van der Waals surface area contributed by atoms with Gasteiger partial charge in [-0.1, -0.05) is 12.1 Å². The Balaban J connectivity index is 1.36. The third-order valence-corrected chi connectivity index (χ3v) is 5.74. The van der Waals surface area contributed by atoms with Crippen molar-refractivity contribution in [2.75, 3.05) is 26.7 Å². The van der Waals surface area contributed by atoms with Crippen LogP contribution in [0.2, 0.25) is 0 Å². The summed E-state index contributed by atoms with van der Waals surface area (Å²) >= 11 is 0. The molecule has 0 saturated carbocycles. The number of benzene rings is 1. The zero-order chi connectivity index (χ0) is 20.2. The van der Waals surface area contributed by atoms with Gasteiger partial charge in [-0.05, 0) is 12.1 Å². The largest absolute Gasteiger partial charge is 0.447 e. The van der Waals surface area contributed by atoms with Gasteiger partial charge in [0.1, 0.15) is 6.61 Å². The van der Waals surface area contributed by atoms with E-state index in [1.807, 2.05) is 24.3 Å². The van der Waals surface area contributed by atoms with Gasteiger partial charge in [-0.15, -0.1) is 0 Å². The van der Waals surface area contributed by atoms with E-state index in [1.54, 1.807) is 41.0 Å². The maximum Gasteiger partial charge on any atom is 0.270 e. The average molecular weight is 398 g/mol. The van der Waals surface area contributed by atoms with Crippen LogP contribution in [-0.2, 0) is 21.4 Å². The molecule has 2 fully saturated rings. The average Bonchev–Trinajstić information content (AvgIpc) is 3.41. The third-order valence-electron chi connectivity index (χ3n) is 5.74. The van der Waals surface area contributed by atoms with Crippen molar-refractivity contribution in [2.24, 2.45) is 7.05 Å². The van der Waals surface area contributed by atoms with E-state index in [2.05, 4.69) is 5.10 Å². The summed E-state index contributed by atoms with van der Waals surface area (Å²) in [6.45, 7) is 0.670. The molecule has 3 aliphatic rings. The van der Waals surface area contributed by atoms with Crippen LogP contribution < -0.4 is 9.47 Å². The first kappa shape index (κ1) is 18.0. The van der Waals surface area contributed by atoms with Crippen LogP contribution in [-0.4, -0.2) is 70.0 Å². The summed E-state index contributed by atoms with van der Waals surface area (Å²) in [7, 11) is 3.48. The highest BCUT2D eigenvalue weighted by molar-refractivity contribution is 5.86. The molecule has 4 heterocycles. The summed E-state index contributed by atoms with van der Waals surface area (Å²) < 4.78 is 19.5. The van der Waals surface area contributed by atoms with Crippen LogP contribution in [0.4, 0.5) is 0 Å². The Morgan fingerprint density at radius 2 is 1.93 bits per heavy atom. The van der Waals surface area contributed by atoms with Crippen molar-refractivity contribution >= 4 is 11.8 Å². The molecule has 29 heavy (non-hydrogen) atoms. The van der Waals surface area contributed by atoms with Crippen LogP contribution in [0.5, 0.6) is 11.5 Å². The normalized spacial score (nSPS) is 25.1. The number of nitrogens with zero attached hydrogens (tertiary/aromatic N) is 4. The van der Waals surface area contributed by atoms with Crippen LogP contribution in [0.3, 0.4) is 0 Å². The van der Waals surface area contributed by atoms with Gasteiger partial charge in [-0.3, -0.25) is 14.3 Å². The Hall–Kier alpha value is -3.07. The highest BCUT2D eigenvalue weighted by atomic mass is 16.7. The van der Waals surface area contributed by atoms with Gasteiger partial charge in [0, 0.05) is 38.8 Å². The van der Waals surface area contributed by atoms with Gasteiger partial charge in [0.25, 0.3) is 11.7 Å². The van der Waals surface area contributed by atoms with Crippen molar-refractivity contribution in [1.29, 1.82) is 0 Å². The van der Waals surface area contributed by atoms with Crippen molar-refractivity contribution < 1.29 is 23.8 Å². The first-order valence-corrected chi connectivity index (χ1v) is 9.57. The molecule has 2 saturated heterocycles. The number of para-hydroxylation sites is 2. The van der Waals surface area contributed by atoms with Crippen molar-refractivity contribution in [2.45, 2.75) is 24.4 Å². The fourth-order valence-corrected chi connectivity index (χ4v) is 4.24. The Bertz CT molecular complexity index is 948. The van der Waals surface area contributed by atoms with Gasteiger partial charge in [-0.2, -0.15) is 5.10 Å². The third kappa shape index (κ3) is 2.93. The maximum absolute atomic E-state index is 13.4. The van der Waals surface area contributed by atoms with E-state index in [0.29, 0.717) is 31.0 Å². The topological polar surface area (TPSA) is 86.1 Å². The van der Waals surface area contributed by atoms with E-state index in [-0.39, 0.29) is 18.4 Å².